The molecule has 5 heteroatoms. The lowest BCUT2D eigenvalue weighted by Crippen LogP contribution is -2.21. The van der Waals surface area contributed by atoms with E-state index in [0.717, 1.165) is 22.2 Å². The predicted octanol–water partition coefficient (Wildman–Crippen LogP) is 3.62. The molecule has 0 radical (unpaired) electrons. The summed E-state index contributed by atoms with van der Waals surface area (Å²) in [5, 5.41) is 0. The fourth-order valence-electron chi connectivity index (χ4n) is 2.87. The molecule has 0 atom stereocenters. The van der Waals surface area contributed by atoms with Gasteiger partial charge in [-0.1, -0.05) is 35.9 Å². The Balaban J connectivity index is 2.04. The van der Waals surface area contributed by atoms with E-state index >= 15 is 0 Å². The summed E-state index contributed by atoms with van der Waals surface area (Å²) < 4.78 is 6.44. The number of hydrogen-bond donors (Lipinski definition) is 0. The van der Waals surface area contributed by atoms with Crippen LogP contribution in [-0.4, -0.2) is 28.5 Å². The second-order valence-corrected chi connectivity index (χ2v) is 6.01. The number of pyridine rings is 1. The van der Waals surface area contributed by atoms with E-state index in [4.69, 9.17) is 0 Å². The summed E-state index contributed by atoms with van der Waals surface area (Å²) >= 11 is 0. The maximum Gasteiger partial charge on any atom is 0.375 e. The van der Waals surface area contributed by atoms with Gasteiger partial charge in [-0.2, -0.15) is 0 Å². The maximum absolute atomic E-state index is 12.9. The van der Waals surface area contributed by atoms with Gasteiger partial charge in [0, 0.05) is 17.3 Å². The number of fused-ring (bicyclic) bond motifs is 1. The molecule has 0 aliphatic rings. The van der Waals surface area contributed by atoms with Crippen molar-refractivity contribution in [3.63, 3.8) is 0 Å². The molecular weight excluding hydrogens is 330 g/mol. The van der Waals surface area contributed by atoms with Gasteiger partial charge < -0.3 is 9.14 Å². The summed E-state index contributed by atoms with van der Waals surface area (Å²) in [4.78, 5) is 36.4. The average Bonchev–Trinajstić information content (AvgIpc) is 3.02. The number of aromatic nitrogens is 1. The van der Waals surface area contributed by atoms with E-state index in [0.29, 0.717) is 5.69 Å². The van der Waals surface area contributed by atoms with Crippen LogP contribution < -0.4 is 0 Å². The number of ether oxygens (including phenoxy) is 1. The van der Waals surface area contributed by atoms with E-state index < -0.39 is 24.0 Å². The zero-order chi connectivity index (χ0) is 18.7. The van der Waals surface area contributed by atoms with Crippen LogP contribution in [0.4, 0.5) is 0 Å². The molecule has 0 saturated heterocycles. The molecule has 26 heavy (non-hydrogen) atoms. The first kappa shape index (κ1) is 17.6. The minimum absolute atomic E-state index is 0.0986. The number of Topliss-reactive ketones (excluding diaryl/α,β-unsaturated/α-hetero) is 2. The molecule has 0 N–H and O–H groups in total. The van der Waals surface area contributed by atoms with Gasteiger partial charge in [-0.05, 0) is 37.6 Å². The van der Waals surface area contributed by atoms with Crippen molar-refractivity contribution in [2.45, 2.75) is 20.3 Å². The smallest absolute Gasteiger partial charge is 0.375 e. The van der Waals surface area contributed by atoms with E-state index in [1.165, 1.54) is 0 Å². The highest BCUT2D eigenvalue weighted by atomic mass is 16.5. The SMILES string of the molecule is CCOC(=O)C(=O)CC(=O)c1c(-c2ccc(C)cc2)cc2ccccn12. The molecular formula is C21H19NO4. The molecule has 132 valence electrons. The van der Waals surface area contributed by atoms with Gasteiger partial charge in [-0.15, -0.1) is 0 Å². The summed E-state index contributed by atoms with van der Waals surface area (Å²) in [6, 6.07) is 15.3. The van der Waals surface area contributed by atoms with Crippen LogP contribution >= 0.6 is 0 Å². The number of ketones is 2. The van der Waals surface area contributed by atoms with Crippen molar-refractivity contribution in [3.8, 4) is 11.1 Å². The summed E-state index contributed by atoms with van der Waals surface area (Å²) in [5.41, 5.74) is 3.96. The summed E-state index contributed by atoms with van der Waals surface area (Å²) in [5.74, 6) is -2.22. The van der Waals surface area contributed by atoms with Gasteiger partial charge in [0.15, 0.2) is 5.78 Å². The normalized spacial score (nSPS) is 10.7. The number of aryl methyl sites for hydroxylation is 1. The van der Waals surface area contributed by atoms with Crippen LogP contribution in [0.25, 0.3) is 16.6 Å². The Kier molecular flexibility index (Phi) is 4.98. The molecule has 0 spiro atoms. The number of esters is 1. The molecule has 0 amide bonds. The Labute approximate surface area is 151 Å². The molecule has 1 aromatic carbocycles. The number of hydrogen-bond acceptors (Lipinski definition) is 4. The van der Waals surface area contributed by atoms with Crippen LogP contribution in [0.15, 0.2) is 54.7 Å². The second kappa shape index (κ2) is 7.35. The topological polar surface area (TPSA) is 64.9 Å². The quantitative estimate of drug-likeness (QED) is 0.295. The van der Waals surface area contributed by atoms with Crippen molar-refractivity contribution >= 4 is 23.1 Å². The van der Waals surface area contributed by atoms with Gasteiger partial charge in [-0.3, -0.25) is 9.59 Å². The minimum Gasteiger partial charge on any atom is -0.460 e. The third-order valence-electron chi connectivity index (χ3n) is 4.13. The lowest BCUT2D eigenvalue weighted by molar-refractivity contribution is -0.153. The summed E-state index contributed by atoms with van der Waals surface area (Å²) in [7, 11) is 0. The van der Waals surface area contributed by atoms with Crippen molar-refractivity contribution in [3.05, 3.63) is 66.0 Å². The fraction of sp³-hybridized carbons (Fsp3) is 0.190. The van der Waals surface area contributed by atoms with Crippen LogP contribution in [0.2, 0.25) is 0 Å². The number of carbonyl (C=O) groups excluding carboxylic acids is 3. The third-order valence-corrected chi connectivity index (χ3v) is 4.13. The highest BCUT2D eigenvalue weighted by Crippen LogP contribution is 2.29. The lowest BCUT2D eigenvalue weighted by Gasteiger charge is -2.07. The molecule has 5 nitrogen and oxygen atoms in total. The van der Waals surface area contributed by atoms with Crippen LogP contribution in [0.5, 0.6) is 0 Å². The number of benzene rings is 1. The van der Waals surface area contributed by atoms with Crippen LogP contribution in [0.1, 0.15) is 29.4 Å². The van der Waals surface area contributed by atoms with Crippen molar-refractivity contribution in [1.82, 2.24) is 4.40 Å². The Morgan fingerprint density at radius 1 is 1.04 bits per heavy atom. The van der Waals surface area contributed by atoms with E-state index in [2.05, 4.69) is 4.74 Å². The monoisotopic (exact) mass is 349 g/mol. The Morgan fingerprint density at radius 2 is 1.77 bits per heavy atom. The average molecular weight is 349 g/mol. The molecule has 3 aromatic rings. The number of carbonyl (C=O) groups is 3. The molecule has 2 heterocycles. The minimum atomic E-state index is -0.974. The van der Waals surface area contributed by atoms with Crippen molar-refractivity contribution in [1.29, 1.82) is 0 Å². The predicted molar refractivity (Wildman–Crippen MR) is 98.2 cm³/mol. The molecule has 3 rings (SSSR count). The van der Waals surface area contributed by atoms with E-state index in [1.54, 1.807) is 17.5 Å². The third kappa shape index (κ3) is 3.42. The van der Waals surface area contributed by atoms with Gasteiger partial charge >= 0.3 is 5.97 Å². The van der Waals surface area contributed by atoms with Crippen molar-refractivity contribution < 1.29 is 19.1 Å². The second-order valence-electron chi connectivity index (χ2n) is 6.01. The molecule has 0 unspecified atom stereocenters. The Hall–Kier alpha value is -3.21. The van der Waals surface area contributed by atoms with Gasteiger partial charge in [0.05, 0.1) is 18.7 Å². The highest BCUT2D eigenvalue weighted by molar-refractivity contribution is 6.38. The lowest BCUT2D eigenvalue weighted by atomic mass is 10.0. The molecule has 0 fully saturated rings. The zero-order valence-corrected chi connectivity index (χ0v) is 14.7. The maximum atomic E-state index is 12.9. The fourth-order valence-corrected chi connectivity index (χ4v) is 2.87. The van der Waals surface area contributed by atoms with E-state index in [9.17, 15) is 14.4 Å². The molecule has 0 aliphatic carbocycles. The van der Waals surface area contributed by atoms with Crippen LogP contribution in [-0.2, 0) is 14.3 Å². The van der Waals surface area contributed by atoms with Crippen LogP contribution in [0, 0.1) is 6.92 Å². The van der Waals surface area contributed by atoms with Gasteiger partial charge in [0.1, 0.15) is 0 Å². The standard InChI is InChI=1S/C21H19NO4/c1-3-26-21(25)19(24)13-18(23)20-17(15-9-7-14(2)8-10-15)12-16-6-4-5-11-22(16)20/h4-12H,3,13H2,1-2H3. The first-order chi connectivity index (χ1) is 12.5. The van der Waals surface area contributed by atoms with E-state index in [-0.39, 0.29) is 6.61 Å². The van der Waals surface area contributed by atoms with E-state index in [1.807, 2.05) is 55.5 Å². The first-order valence-electron chi connectivity index (χ1n) is 8.41. The Bertz CT molecular complexity index is 983. The molecule has 0 bridgehead atoms. The number of nitrogens with zero attached hydrogens (tertiary/aromatic N) is 1. The van der Waals surface area contributed by atoms with Gasteiger partial charge in [0.2, 0.25) is 5.78 Å². The zero-order valence-electron chi connectivity index (χ0n) is 14.7. The number of rotatable bonds is 6. The van der Waals surface area contributed by atoms with Gasteiger partial charge in [-0.25, -0.2) is 4.79 Å². The van der Waals surface area contributed by atoms with Crippen molar-refractivity contribution in [2.75, 3.05) is 6.61 Å². The highest BCUT2D eigenvalue weighted by Gasteiger charge is 2.24. The summed E-state index contributed by atoms with van der Waals surface area (Å²) in [6.07, 6.45) is 1.26. The Morgan fingerprint density at radius 3 is 2.46 bits per heavy atom. The van der Waals surface area contributed by atoms with Crippen molar-refractivity contribution in [2.24, 2.45) is 0 Å². The van der Waals surface area contributed by atoms with Crippen LogP contribution in [0.3, 0.4) is 0 Å². The largest absolute Gasteiger partial charge is 0.460 e. The molecule has 0 aliphatic heterocycles. The molecule has 2 aromatic heterocycles. The first-order valence-corrected chi connectivity index (χ1v) is 8.41. The van der Waals surface area contributed by atoms with Gasteiger partial charge in [0.25, 0.3) is 0 Å². The molecule has 0 saturated carbocycles. The summed E-state index contributed by atoms with van der Waals surface area (Å²) in [6.45, 7) is 3.70.